The van der Waals surface area contributed by atoms with Crippen molar-refractivity contribution in [3.05, 3.63) is 56.5 Å². The minimum absolute atomic E-state index is 0.250. The number of nitrogens with zero attached hydrogens (tertiary/aromatic N) is 1. The van der Waals surface area contributed by atoms with E-state index >= 15 is 0 Å². The average molecular weight is 436 g/mol. The molecule has 1 aromatic carbocycles. The van der Waals surface area contributed by atoms with Crippen LogP contribution in [-0.4, -0.2) is 23.1 Å². The summed E-state index contributed by atoms with van der Waals surface area (Å²) >= 11 is 12.0. The van der Waals surface area contributed by atoms with Gasteiger partial charge in [-0.15, -0.1) is 0 Å². The number of halogens is 2. The zero-order valence-corrected chi connectivity index (χ0v) is 18.3. The largest absolute Gasteiger partial charge is 0.455 e. The van der Waals surface area contributed by atoms with Gasteiger partial charge in [0.1, 0.15) is 5.76 Å². The number of carbonyl (C=O) groups excluding carboxylic acids is 2. The third-order valence-corrected chi connectivity index (χ3v) is 5.04. The lowest BCUT2D eigenvalue weighted by molar-refractivity contribution is 0.0887. The highest BCUT2D eigenvalue weighted by atomic mass is 35.5. The van der Waals surface area contributed by atoms with Gasteiger partial charge in [-0.05, 0) is 58.7 Å². The second-order valence-corrected chi connectivity index (χ2v) is 8.88. The standard InChI is InChI=1S/C21H23Cl2N3O3/c1-11-17-15(25-26-19(27)13-9-8-12(22)10-14(13)23)6-5-7-16(17)29-18(11)20(28)24-21(2,3)4/h8-10H,5-7H2,1-4H3,(H,24,28)(H,26,27)/b25-15+. The lowest BCUT2D eigenvalue weighted by atomic mass is 9.93. The Hall–Kier alpha value is -2.31. The highest BCUT2D eigenvalue weighted by Gasteiger charge is 2.29. The van der Waals surface area contributed by atoms with Crippen molar-refractivity contribution in [3.63, 3.8) is 0 Å². The van der Waals surface area contributed by atoms with Gasteiger partial charge < -0.3 is 9.73 Å². The fourth-order valence-electron chi connectivity index (χ4n) is 3.25. The molecule has 0 saturated heterocycles. The van der Waals surface area contributed by atoms with Gasteiger partial charge in [-0.2, -0.15) is 5.10 Å². The highest BCUT2D eigenvalue weighted by Crippen LogP contribution is 2.30. The quantitative estimate of drug-likeness (QED) is 0.672. The van der Waals surface area contributed by atoms with Gasteiger partial charge in [0.2, 0.25) is 0 Å². The summed E-state index contributed by atoms with van der Waals surface area (Å²) in [7, 11) is 0. The summed E-state index contributed by atoms with van der Waals surface area (Å²) in [5, 5.41) is 7.92. The van der Waals surface area contributed by atoms with Crippen LogP contribution in [0.5, 0.6) is 0 Å². The predicted octanol–water partition coefficient (Wildman–Crippen LogP) is 4.89. The number of rotatable bonds is 3. The van der Waals surface area contributed by atoms with E-state index in [0.717, 1.165) is 24.0 Å². The molecule has 0 spiro atoms. The number of nitrogens with one attached hydrogen (secondary N) is 2. The minimum Gasteiger partial charge on any atom is -0.455 e. The van der Waals surface area contributed by atoms with Crippen LogP contribution in [0.2, 0.25) is 10.0 Å². The van der Waals surface area contributed by atoms with Crippen molar-refractivity contribution in [1.82, 2.24) is 10.7 Å². The van der Waals surface area contributed by atoms with E-state index in [9.17, 15) is 9.59 Å². The Morgan fingerprint density at radius 2 is 1.86 bits per heavy atom. The summed E-state index contributed by atoms with van der Waals surface area (Å²) in [5.41, 5.74) is 4.65. The molecule has 1 aliphatic rings. The molecule has 2 aromatic rings. The van der Waals surface area contributed by atoms with E-state index in [-0.39, 0.29) is 27.8 Å². The van der Waals surface area contributed by atoms with Gasteiger partial charge in [-0.25, -0.2) is 5.43 Å². The van der Waals surface area contributed by atoms with Crippen molar-refractivity contribution in [2.75, 3.05) is 0 Å². The molecule has 29 heavy (non-hydrogen) atoms. The van der Waals surface area contributed by atoms with Crippen LogP contribution in [-0.2, 0) is 6.42 Å². The van der Waals surface area contributed by atoms with Gasteiger partial charge in [0.25, 0.3) is 11.8 Å². The smallest absolute Gasteiger partial charge is 0.287 e. The number of amides is 2. The van der Waals surface area contributed by atoms with Gasteiger partial charge in [0.15, 0.2) is 5.76 Å². The van der Waals surface area contributed by atoms with E-state index in [4.69, 9.17) is 27.6 Å². The van der Waals surface area contributed by atoms with Crippen LogP contribution < -0.4 is 10.7 Å². The number of furan rings is 1. The van der Waals surface area contributed by atoms with Crippen LogP contribution in [0.25, 0.3) is 0 Å². The molecule has 1 aromatic heterocycles. The van der Waals surface area contributed by atoms with Crippen molar-refractivity contribution in [2.45, 2.75) is 52.5 Å². The number of aryl methyl sites for hydroxylation is 1. The Balaban J connectivity index is 1.86. The number of carbonyl (C=O) groups is 2. The number of fused-ring (bicyclic) bond motifs is 1. The van der Waals surface area contributed by atoms with Crippen LogP contribution in [0.4, 0.5) is 0 Å². The van der Waals surface area contributed by atoms with E-state index in [0.29, 0.717) is 22.9 Å². The molecular formula is C21H23Cl2N3O3. The first kappa shape index (κ1) is 21.4. The van der Waals surface area contributed by atoms with Crippen LogP contribution in [0, 0.1) is 6.92 Å². The number of hydrazone groups is 1. The van der Waals surface area contributed by atoms with Crippen LogP contribution in [0.3, 0.4) is 0 Å². The third kappa shape index (κ3) is 4.82. The molecule has 3 rings (SSSR count). The van der Waals surface area contributed by atoms with Gasteiger partial charge in [-0.1, -0.05) is 23.2 Å². The minimum atomic E-state index is -0.432. The fraction of sp³-hybridized carbons (Fsp3) is 0.381. The maximum Gasteiger partial charge on any atom is 0.287 e. The van der Waals surface area contributed by atoms with E-state index in [1.165, 1.54) is 6.07 Å². The predicted molar refractivity (Wildman–Crippen MR) is 114 cm³/mol. The van der Waals surface area contributed by atoms with Crippen molar-refractivity contribution >= 4 is 40.7 Å². The monoisotopic (exact) mass is 435 g/mol. The van der Waals surface area contributed by atoms with Crippen molar-refractivity contribution < 1.29 is 14.0 Å². The lowest BCUT2D eigenvalue weighted by Crippen LogP contribution is -2.40. The van der Waals surface area contributed by atoms with E-state index < -0.39 is 5.91 Å². The Kier molecular flexibility index (Phi) is 6.05. The molecule has 2 N–H and O–H groups in total. The Labute approximate surface area is 179 Å². The maximum atomic E-state index is 12.6. The molecule has 0 atom stereocenters. The molecule has 0 fully saturated rings. The molecule has 2 amide bonds. The summed E-state index contributed by atoms with van der Waals surface area (Å²) in [6, 6.07) is 4.64. The summed E-state index contributed by atoms with van der Waals surface area (Å²) < 4.78 is 5.86. The van der Waals surface area contributed by atoms with Gasteiger partial charge >= 0.3 is 0 Å². The first-order chi connectivity index (χ1) is 13.6. The molecule has 6 nitrogen and oxygen atoms in total. The Morgan fingerprint density at radius 1 is 1.14 bits per heavy atom. The van der Waals surface area contributed by atoms with E-state index in [2.05, 4.69) is 15.8 Å². The second-order valence-electron chi connectivity index (χ2n) is 8.04. The Bertz CT molecular complexity index is 1000. The lowest BCUT2D eigenvalue weighted by Gasteiger charge is -2.19. The van der Waals surface area contributed by atoms with Crippen LogP contribution in [0.15, 0.2) is 27.7 Å². The average Bonchev–Trinajstić information content (AvgIpc) is 2.96. The van der Waals surface area contributed by atoms with Gasteiger partial charge in [-0.3, -0.25) is 9.59 Å². The van der Waals surface area contributed by atoms with Crippen LogP contribution in [0.1, 0.15) is 71.4 Å². The second kappa shape index (κ2) is 8.20. The molecule has 8 heteroatoms. The summed E-state index contributed by atoms with van der Waals surface area (Å²) in [4.78, 5) is 25.0. The number of benzene rings is 1. The highest BCUT2D eigenvalue weighted by molar-refractivity contribution is 6.36. The molecule has 0 aliphatic heterocycles. The van der Waals surface area contributed by atoms with Crippen molar-refractivity contribution in [3.8, 4) is 0 Å². The molecule has 154 valence electrons. The first-order valence-corrected chi connectivity index (χ1v) is 10.1. The fourth-order valence-corrected chi connectivity index (χ4v) is 3.74. The topological polar surface area (TPSA) is 83.7 Å². The first-order valence-electron chi connectivity index (χ1n) is 9.34. The molecule has 1 heterocycles. The van der Waals surface area contributed by atoms with E-state index in [1.54, 1.807) is 12.1 Å². The van der Waals surface area contributed by atoms with Crippen LogP contribution >= 0.6 is 23.2 Å². The summed E-state index contributed by atoms with van der Waals surface area (Å²) in [5.74, 6) is 0.302. The molecule has 1 aliphatic carbocycles. The van der Waals surface area contributed by atoms with Crippen molar-refractivity contribution in [2.24, 2.45) is 5.10 Å². The molecule has 0 unspecified atom stereocenters. The third-order valence-electron chi connectivity index (χ3n) is 4.49. The summed E-state index contributed by atoms with van der Waals surface area (Å²) in [6.07, 6.45) is 2.20. The van der Waals surface area contributed by atoms with Gasteiger partial charge in [0.05, 0.1) is 16.3 Å². The SMILES string of the molecule is Cc1c(C(=O)NC(C)(C)C)oc2c1/C(=N/NC(=O)c1ccc(Cl)cc1Cl)CCC2. The van der Waals surface area contributed by atoms with Gasteiger partial charge in [0, 0.05) is 28.1 Å². The normalized spacial score (nSPS) is 15.2. The van der Waals surface area contributed by atoms with Crippen molar-refractivity contribution in [1.29, 1.82) is 0 Å². The maximum absolute atomic E-state index is 12.6. The summed E-state index contributed by atoms with van der Waals surface area (Å²) in [6.45, 7) is 7.56. The Morgan fingerprint density at radius 3 is 2.52 bits per heavy atom. The molecule has 0 saturated carbocycles. The number of hydrogen-bond acceptors (Lipinski definition) is 4. The zero-order valence-electron chi connectivity index (χ0n) is 16.8. The number of hydrogen-bond donors (Lipinski definition) is 2. The molecule has 0 radical (unpaired) electrons. The molecule has 0 bridgehead atoms. The zero-order chi connectivity index (χ0) is 21.3. The van der Waals surface area contributed by atoms with E-state index in [1.807, 2.05) is 27.7 Å². The molecular weight excluding hydrogens is 413 g/mol.